The van der Waals surface area contributed by atoms with Crippen LogP contribution in [-0.2, 0) is 11.3 Å². The molecule has 2 amide bonds. The molecular weight excluding hydrogens is 222 g/mol. The van der Waals surface area contributed by atoms with Crippen molar-refractivity contribution in [1.29, 1.82) is 0 Å². The smallest absolute Gasteiger partial charge is 0.253 e. The zero-order chi connectivity index (χ0) is 12.3. The van der Waals surface area contributed by atoms with Crippen LogP contribution < -0.4 is 16.0 Å². The molecule has 0 fully saturated rings. The third kappa shape index (κ3) is 2.54. The van der Waals surface area contributed by atoms with Crippen LogP contribution in [0.4, 0.5) is 5.69 Å². The molecule has 6 nitrogen and oxygen atoms in total. The quantitative estimate of drug-likeness (QED) is 0.516. The molecule has 0 unspecified atom stereocenters. The number of aliphatic hydroxyl groups excluding tert-OH is 1. The van der Waals surface area contributed by atoms with E-state index in [1.165, 1.54) is 0 Å². The van der Waals surface area contributed by atoms with Crippen molar-refractivity contribution in [3.63, 3.8) is 0 Å². The van der Waals surface area contributed by atoms with Crippen molar-refractivity contribution in [2.75, 3.05) is 18.6 Å². The van der Waals surface area contributed by atoms with E-state index in [2.05, 4.69) is 16.0 Å². The molecule has 1 aromatic rings. The van der Waals surface area contributed by atoms with E-state index in [9.17, 15) is 9.59 Å². The molecule has 1 aromatic carbocycles. The highest BCUT2D eigenvalue weighted by molar-refractivity contribution is 5.95. The molecule has 0 bridgehead atoms. The van der Waals surface area contributed by atoms with Crippen molar-refractivity contribution in [2.24, 2.45) is 0 Å². The molecule has 17 heavy (non-hydrogen) atoms. The Hall–Kier alpha value is -2.08. The number of hydrogen-bond acceptors (Lipinski definition) is 4. The normalized spacial score (nSPS) is 14.1. The lowest BCUT2D eigenvalue weighted by molar-refractivity contribution is -0.119. The van der Waals surface area contributed by atoms with Crippen LogP contribution in [-0.4, -0.2) is 30.2 Å². The summed E-state index contributed by atoms with van der Waals surface area (Å²) in [6, 6.07) is 5.09. The largest absolute Gasteiger partial charge is 0.376 e. The number of nitrogens with one attached hydrogen (secondary N) is 3. The van der Waals surface area contributed by atoms with Crippen LogP contribution in [0.25, 0.3) is 0 Å². The number of aliphatic hydroxyl groups is 1. The highest BCUT2D eigenvalue weighted by Crippen LogP contribution is 2.19. The van der Waals surface area contributed by atoms with Crippen molar-refractivity contribution in [3.8, 4) is 0 Å². The fourth-order valence-corrected chi connectivity index (χ4v) is 1.66. The van der Waals surface area contributed by atoms with Crippen LogP contribution in [0, 0.1) is 0 Å². The molecule has 0 atom stereocenters. The second-order valence-corrected chi connectivity index (χ2v) is 3.67. The van der Waals surface area contributed by atoms with Gasteiger partial charge in [0.05, 0.1) is 6.54 Å². The molecule has 0 saturated carbocycles. The van der Waals surface area contributed by atoms with Crippen LogP contribution in [0.15, 0.2) is 18.2 Å². The van der Waals surface area contributed by atoms with Crippen molar-refractivity contribution < 1.29 is 14.7 Å². The zero-order valence-electron chi connectivity index (χ0n) is 9.12. The zero-order valence-corrected chi connectivity index (χ0v) is 9.12. The van der Waals surface area contributed by atoms with Crippen LogP contribution in [0.3, 0.4) is 0 Å². The minimum absolute atomic E-state index is 0.0810. The first-order valence-electron chi connectivity index (χ1n) is 5.23. The van der Waals surface area contributed by atoms with Gasteiger partial charge in [-0.15, -0.1) is 0 Å². The Labute approximate surface area is 98.0 Å². The van der Waals surface area contributed by atoms with E-state index in [0.717, 1.165) is 11.3 Å². The van der Waals surface area contributed by atoms with Gasteiger partial charge >= 0.3 is 0 Å². The number of carbonyl (C=O) groups is 2. The van der Waals surface area contributed by atoms with Gasteiger partial charge in [0.15, 0.2) is 0 Å². The summed E-state index contributed by atoms with van der Waals surface area (Å²) < 4.78 is 0. The van der Waals surface area contributed by atoms with Gasteiger partial charge in [0.25, 0.3) is 5.91 Å². The molecule has 0 aromatic heterocycles. The fraction of sp³-hybridized carbons (Fsp3) is 0.273. The number of benzene rings is 1. The van der Waals surface area contributed by atoms with Gasteiger partial charge in [0, 0.05) is 17.8 Å². The second kappa shape index (κ2) is 4.84. The predicted molar refractivity (Wildman–Crippen MR) is 61.3 cm³/mol. The van der Waals surface area contributed by atoms with E-state index in [4.69, 9.17) is 5.11 Å². The maximum Gasteiger partial charge on any atom is 0.253 e. The molecule has 1 aliphatic heterocycles. The highest BCUT2D eigenvalue weighted by atomic mass is 16.3. The van der Waals surface area contributed by atoms with Crippen molar-refractivity contribution in [2.45, 2.75) is 6.54 Å². The maximum atomic E-state index is 11.5. The first-order chi connectivity index (χ1) is 8.20. The summed E-state index contributed by atoms with van der Waals surface area (Å²) in [6.07, 6.45) is 0. The highest BCUT2D eigenvalue weighted by Gasteiger charge is 2.13. The molecular formula is C11H13N3O3. The summed E-state index contributed by atoms with van der Waals surface area (Å²) in [6.45, 7) is 0.224. The molecule has 2 rings (SSSR count). The van der Waals surface area contributed by atoms with Crippen LogP contribution in [0.1, 0.15) is 15.9 Å². The number of anilines is 1. The molecule has 0 radical (unpaired) electrons. The van der Waals surface area contributed by atoms with Crippen molar-refractivity contribution in [3.05, 3.63) is 29.3 Å². The minimum atomic E-state index is -0.398. The van der Waals surface area contributed by atoms with Crippen LogP contribution >= 0.6 is 0 Å². The molecule has 0 spiro atoms. The lowest BCUT2D eigenvalue weighted by Gasteiger charge is -2.08. The van der Waals surface area contributed by atoms with Gasteiger partial charge in [-0.25, -0.2) is 0 Å². The van der Waals surface area contributed by atoms with E-state index in [1.54, 1.807) is 18.2 Å². The topological polar surface area (TPSA) is 90.5 Å². The van der Waals surface area contributed by atoms with Gasteiger partial charge in [-0.05, 0) is 23.8 Å². The summed E-state index contributed by atoms with van der Waals surface area (Å²) in [5, 5.41) is 16.6. The Balaban J connectivity index is 2.24. The van der Waals surface area contributed by atoms with E-state index >= 15 is 0 Å². The third-order valence-corrected chi connectivity index (χ3v) is 2.52. The molecule has 90 valence electrons. The van der Waals surface area contributed by atoms with E-state index < -0.39 is 6.73 Å². The minimum Gasteiger partial charge on any atom is -0.376 e. The van der Waals surface area contributed by atoms with Gasteiger partial charge in [-0.2, -0.15) is 0 Å². The Morgan fingerprint density at radius 3 is 2.94 bits per heavy atom. The van der Waals surface area contributed by atoms with Gasteiger partial charge < -0.3 is 21.1 Å². The van der Waals surface area contributed by atoms with Gasteiger partial charge in [-0.3, -0.25) is 9.59 Å². The summed E-state index contributed by atoms with van der Waals surface area (Å²) >= 11 is 0. The molecule has 6 heteroatoms. The Bertz CT molecular complexity index is 459. The third-order valence-electron chi connectivity index (χ3n) is 2.52. The second-order valence-electron chi connectivity index (χ2n) is 3.67. The molecule has 0 aliphatic carbocycles. The number of hydrogen-bond donors (Lipinski definition) is 4. The maximum absolute atomic E-state index is 11.5. The van der Waals surface area contributed by atoms with Crippen molar-refractivity contribution in [1.82, 2.24) is 10.6 Å². The molecule has 0 saturated heterocycles. The summed E-state index contributed by atoms with van der Waals surface area (Å²) in [7, 11) is 0. The van der Waals surface area contributed by atoms with Crippen molar-refractivity contribution >= 4 is 17.5 Å². The molecule has 4 N–H and O–H groups in total. The summed E-state index contributed by atoms with van der Waals surface area (Å²) in [5.74, 6) is -0.423. The predicted octanol–water partition coefficient (Wildman–Crippen LogP) is -0.592. The summed E-state index contributed by atoms with van der Waals surface area (Å²) in [5.41, 5.74) is 2.14. The number of rotatable bonds is 2. The van der Waals surface area contributed by atoms with Gasteiger partial charge in [0.2, 0.25) is 5.91 Å². The first-order valence-corrected chi connectivity index (χ1v) is 5.23. The average molecular weight is 235 g/mol. The monoisotopic (exact) mass is 235 g/mol. The first kappa shape index (κ1) is 11.4. The lowest BCUT2D eigenvalue weighted by atomic mass is 10.1. The molecule has 1 aliphatic rings. The number of fused-ring (bicyclic) bond motifs is 1. The van der Waals surface area contributed by atoms with E-state index in [1.807, 2.05) is 0 Å². The fourth-order valence-electron chi connectivity index (χ4n) is 1.66. The molecule has 1 heterocycles. The number of carbonyl (C=O) groups excluding carboxylic acids is 2. The number of amides is 2. The Morgan fingerprint density at radius 1 is 1.35 bits per heavy atom. The Kier molecular flexibility index (Phi) is 3.24. The SMILES string of the molecule is O=C1CNc2ccc(C(=O)NCO)cc2CN1. The van der Waals surface area contributed by atoms with Crippen LogP contribution in [0.5, 0.6) is 0 Å². The van der Waals surface area contributed by atoms with E-state index in [0.29, 0.717) is 12.1 Å². The Morgan fingerprint density at radius 2 is 2.18 bits per heavy atom. The lowest BCUT2D eigenvalue weighted by Crippen LogP contribution is -2.26. The van der Waals surface area contributed by atoms with Gasteiger partial charge in [-0.1, -0.05) is 0 Å². The summed E-state index contributed by atoms with van der Waals surface area (Å²) in [4.78, 5) is 22.7. The van der Waals surface area contributed by atoms with E-state index in [-0.39, 0.29) is 18.4 Å². The van der Waals surface area contributed by atoms with Crippen LogP contribution in [0.2, 0.25) is 0 Å². The standard InChI is InChI=1S/C11H13N3O3/c15-6-14-11(17)7-1-2-9-8(3-7)4-13-10(16)5-12-9/h1-3,12,15H,4-6H2,(H,13,16)(H,14,17). The van der Waals surface area contributed by atoms with Gasteiger partial charge in [0.1, 0.15) is 6.73 Å². The average Bonchev–Trinajstić information content (AvgIpc) is 2.52.